The van der Waals surface area contributed by atoms with Crippen LogP contribution in [0.1, 0.15) is 40.3 Å². The molecule has 1 saturated heterocycles. The van der Waals surface area contributed by atoms with Crippen LogP contribution < -0.4 is 0 Å². The molecule has 2 aliphatic rings. The van der Waals surface area contributed by atoms with E-state index >= 15 is 0 Å². The summed E-state index contributed by atoms with van der Waals surface area (Å²) in [5, 5.41) is 7.22. The molecular formula is C30H33ClN4O. The summed E-state index contributed by atoms with van der Waals surface area (Å²) < 4.78 is 0. The third kappa shape index (κ3) is 5.54. The van der Waals surface area contributed by atoms with Crippen molar-refractivity contribution in [2.24, 2.45) is 5.10 Å². The van der Waals surface area contributed by atoms with Gasteiger partial charge in [-0.15, -0.1) is 0 Å². The van der Waals surface area contributed by atoms with Crippen molar-refractivity contribution in [2.45, 2.75) is 32.9 Å². The normalized spacial score (nSPS) is 18.9. The van der Waals surface area contributed by atoms with Crippen LogP contribution in [0.3, 0.4) is 0 Å². The number of piperazine rings is 1. The third-order valence-electron chi connectivity index (χ3n) is 7.34. The predicted molar refractivity (Wildman–Crippen MR) is 146 cm³/mol. The fraction of sp³-hybridized carbons (Fsp3) is 0.333. The van der Waals surface area contributed by atoms with Crippen molar-refractivity contribution in [3.05, 3.63) is 106 Å². The van der Waals surface area contributed by atoms with Gasteiger partial charge in [0.2, 0.25) is 0 Å². The lowest BCUT2D eigenvalue weighted by atomic mass is 9.96. The molecule has 0 bridgehead atoms. The maximum atomic E-state index is 13.6. The van der Waals surface area contributed by atoms with Crippen LogP contribution in [0.2, 0.25) is 5.02 Å². The van der Waals surface area contributed by atoms with Crippen LogP contribution in [0.4, 0.5) is 0 Å². The molecule has 0 saturated carbocycles. The topological polar surface area (TPSA) is 39.2 Å². The lowest BCUT2D eigenvalue weighted by molar-refractivity contribution is -0.134. The highest BCUT2D eigenvalue weighted by molar-refractivity contribution is 6.31. The van der Waals surface area contributed by atoms with Crippen LogP contribution in [0, 0.1) is 13.8 Å². The number of carbonyl (C=O) groups excluding carboxylic acids is 1. The minimum absolute atomic E-state index is 0.0234. The maximum Gasteiger partial charge on any atom is 0.257 e. The van der Waals surface area contributed by atoms with E-state index in [0.717, 1.165) is 49.6 Å². The molecule has 6 heteroatoms. The first-order chi connectivity index (χ1) is 17.5. The van der Waals surface area contributed by atoms with E-state index < -0.39 is 0 Å². The molecule has 36 heavy (non-hydrogen) atoms. The van der Waals surface area contributed by atoms with Crippen molar-refractivity contribution in [2.75, 3.05) is 32.7 Å². The quantitative estimate of drug-likeness (QED) is 0.451. The second kappa shape index (κ2) is 11.0. The van der Waals surface area contributed by atoms with Gasteiger partial charge in [0, 0.05) is 44.2 Å². The monoisotopic (exact) mass is 500 g/mol. The van der Waals surface area contributed by atoms with Crippen LogP contribution in [-0.4, -0.2) is 59.2 Å². The second-order valence-corrected chi connectivity index (χ2v) is 10.3. The minimum Gasteiger partial charge on any atom is -0.297 e. The van der Waals surface area contributed by atoms with Crippen LogP contribution in [0.5, 0.6) is 0 Å². The second-order valence-electron chi connectivity index (χ2n) is 9.86. The third-order valence-corrected chi connectivity index (χ3v) is 7.69. The molecule has 5 nitrogen and oxygen atoms in total. The molecule has 0 aromatic heterocycles. The molecule has 5 rings (SSSR count). The van der Waals surface area contributed by atoms with Crippen molar-refractivity contribution in [1.82, 2.24) is 14.8 Å². The van der Waals surface area contributed by atoms with E-state index in [2.05, 4.69) is 72.2 Å². The first-order valence-electron chi connectivity index (χ1n) is 12.7. The van der Waals surface area contributed by atoms with Crippen LogP contribution in [0.25, 0.3) is 0 Å². The van der Waals surface area contributed by atoms with E-state index in [1.165, 1.54) is 16.7 Å². The van der Waals surface area contributed by atoms with Crippen molar-refractivity contribution < 1.29 is 4.79 Å². The number of halogens is 1. The number of amides is 1. The summed E-state index contributed by atoms with van der Waals surface area (Å²) >= 11 is 6.58. The molecule has 0 aliphatic carbocycles. The van der Waals surface area contributed by atoms with Gasteiger partial charge in [-0.25, -0.2) is 5.01 Å². The standard InChI is InChI=1S/C30H33ClN4O/c1-22-12-13-25(18-23(22)2)28-19-29(26-10-6-7-11-27(26)31)35(32-28)30(36)21-34-16-14-33(15-17-34)20-24-8-4-3-5-9-24/h3-13,18,29H,14-17,19-21H2,1-2H3/t29-/m1/s1. The van der Waals surface area contributed by atoms with Crippen molar-refractivity contribution in [1.29, 1.82) is 0 Å². The number of carbonyl (C=O) groups is 1. The lowest BCUT2D eigenvalue weighted by Gasteiger charge is -2.35. The SMILES string of the molecule is Cc1ccc(C2=NN(C(=O)CN3CCN(Cc4ccccc4)CC3)[C@@H](c3ccccc3Cl)C2)cc1C. The zero-order valence-electron chi connectivity index (χ0n) is 21.0. The average molecular weight is 501 g/mol. The number of hydrazone groups is 1. The van der Waals surface area contributed by atoms with E-state index in [9.17, 15) is 4.79 Å². The Kier molecular flexibility index (Phi) is 7.51. The first kappa shape index (κ1) is 24.7. The van der Waals surface area contributed by atoms with Crippen LogP contribution in [0.15, 0.2) is 77.9 Å². The molecule has 1 fully saturated rings. The summed E-state index contributed by atoms with van der Waals surface area (Å²) in [6.07, 6.45) is 0.656. The minimum atomic E-state index is -0.192. The summed E-state index contributed by atoms with van der Waals surface area (Å²) in [4.78, 5) is 18.3. The Balaban J connectivity index is 1.29. The molecular weight excluding hydrogens is 468 g/mol. The molecule has 2 heterocycles. The molecule has 0 unspecified atom stereocenters. The van der Waals surface area contributed by atoms with E-state index in [1.54, 1.807) is 5.01 Å². The Morgan fingerprint density at radius 1 is 0.889 bits per heavy atom. The Hall–Kier alpha value is -2.99. The zero-order valence-corrected chi connectivity index (χ0v) is 21.8. The van der Waals surface area contributed by atoms with Crippen molar-refractivity contribution in [3.63, 3.8) is 0 Å². The molecule has 0 radical (unpaired) electrons. The predicted octanol–water partition coefficient (Wildman–Crippen LogP) is 5.45. The van der Waals surface area contributed by atoms with E-state index in [-0.39, 0.29) is 11.9 Å². The molecule has 0 spiro atoms. The average Bonchev–Trinajstić information content (AvgIpc) is 3.33. The first-order valence-corrected chi connectivity index (χ1v) is 13.1. The van der Waals surface area contributed by atoms with Gasteiger partial charge in [-0.2, -0.15) is 5.10 Å². The number of benzene rings is 3. The summed E-state index contributed by atoms with van der Waals surface area (Å²) in [5.74, 6) is 0.0234. The van der Waals surface area contributed by atoms with Gasteiger partial charge in [0.25, 0.3) is 5.91 Å². The van der Waals surface area contributed by atoms with E-state index in [0.29, 0.717) is 18.0 Å². The number of nitrogens with zero attached hydrogens (tertiary/aromatic N) is 4. The van der Waals surface area contributed by atoms with Gasteiger partial charge in [0.1, 0.15) is 0 Å². The molecule has 3 aromatic carbocycles. The summed E-state index contributed by atoms with van der Waals surface area (Å²) in [5.41, 5.74) is 6.75. The maximum absolute atomic E-state index is 13.6. The molecule has 2 aliphatic heterocycles. The van der Waals surface area contributed by atoms with E-state index in [4.69, 9.17) is 16.7 Å². The zero-order chi connectivity index (χ0) is 25.1. The molecule has 3 aromatic rings. The smallest absolute Gasteiger partial charge is 0.257 e. The molecule has 0 N–H and O–H groups in total. The highest BCUT2D eigenvalue weighted by Crippen LogP contribution is 2.36. The number of hydrogen-bond acceptors (Lipinski definition) is 4. The van der Waals surface area contributed by atoms with Crippen molar-refractivity contribution in [3.8, 4) is 0 Å². The van der Waals surface area contributed by atoms with Gasteiger partial charge >= 0.3 is 0 Å². The summed E-state index contributed by atoms with van der Waals surface area (Å²) in [6.45, 7) is 9.18. The van der Waals surface area contributed by atoms with Gasteiger partial charge in [-0.3, -0.25) is 14.6 Å². The lowest BCUT2D eigenvalue weighted by Crippen LogP contribution is -2.49. The largest absolute Gasteiger partial charge is 0.297 e. The Bertz CT molecular complexity index is 1250. The fourth-order valence-corrected chi connectivity index (χ4v) is 5.30. The molecule has 1 atom stereocenters. The summed E-state index contributed by atoms with van der Waals surface area (Å²) in [7, 11) is 0. The van der Waals surface area contributed by atoms with Crippen molar-refractivity contribution >= 4 is 23.2 Å². The highest BCUT2D eigenvalue weighted by Gasteiger charge is 2.35. The molecule has 186 valence electrons. The highest BCUT2D eigenvalue weighted by atomic mass is 35.5. The fourth-order valence-electron chi connectivity index (χ4n) is 5.03. The number of hydrogen-bond donors (Lipinski definition) is 0. The van der Waals surface area contributed by atoms with Gasteiger partial charge in [-0.1, -0.05) is 72.3 Å². The Morgan fingerprint density at radius 2 is 1.58 bits per heavy atom. The Morgan fingerprint density at radius 3 is 2.31 bits per heavy atom. The van der Waals surface area contributed by atoms with Crippen LogP contribution in [-0.2, 0) is 11.3 Å². The number of aryl methyl sites for hydroxylation is 2. The Labute approximate surface area is 219 Å². The molecule has 1 amide bonds. The van der Waals surface area contributed by atoms with Gasteiger partial charge in [0.05, 0.1) is 18.3 Å². The van der Waals surface area contributed by atoms with Gasteiger partial charge < -0.3 is 0 Å². The van der Waals surface area contributed by atoms with Gasteiger partial charge in [0.15, 0.2) is 0 Å². The van der Waals surface area contributed by atoms with E-state index in [1.807, 2.05) is 24.3 Å². The number of rotatable bonds is 6. The summed E-state index contributed by atoms with van der Waals surface area (Å²) in [6, 6.07) is 24.6. The van der Waals surface area contributed by atoms with Crippen LogP contribution >= 0.6 is 11.6 Å². The van der Waals surface area contributed by atoms with Gasteiger partial charge in [-0.05, 0) is 53.8 Å².